The average molecular weight is 372 g/mol. The third kappa shape index (κ3) is 4.73. The van der Waals surface area contributed by atoms with Crippen LogP contribution in [-0.2, 0) is 22.2 Å². The van der Waals surface area contributed by atoms with Crippen LogP contribution in [0.15, 0.2) is 30.3 Å². The summed E-state index contributed by atoms with van der Waals surface area (Å²) in [6.45, 7) is 12.1. The molecule has 146 valence electrons. The van der Waals surface area contributed by atoms with Crippen LogP contribution in [0.3, 0.4) is 0 Å². The molecule has 5 nitrogen and oxygen atoms in total. The smallest absolute Gasteiger partial charge is 0.338 e. The SMILES string of the molecule is CC(C)(C)c1cc(COC(=O)c2ccc(O)c(O)c2)cc(C(C)(C)C)c1O. The molecule has 0 amide bonds. The number of hydrogen-bond donors (Lipinski definition) is 3. The van der Waals surface area contributed by atoms with Gasteiger partial charge in [-0.3, -0.25) is 0 Å². The summed E-state index contributed by atoms with van der Waals surface area (Å²) < 4.78 is 5.37. The highest BCUT2D eigenvalue weighted by atomic mass is 16.5. The number of carbonyl (C=O) groups excluding carboxylic acids is 1. The number of ether oxygens (including phenoxy) is 1. The van der Waals surface area contributed by atoms with Gasteiger partial charge in [0.15, 0.2) is 11.5 Å². The van der Waals surface area contributed by atoms with Crippen LogP contribution in [0, 0.1) is 0 Å². The summed E-state index contributed by atoms with van der Waals surface area (Å²) >= 11 is 0. The molecule has 5 heteroatoms. The zero-order chi connectivity index (χ0) is 20.6. The lowest BCUT2D eigenvalue weighted by Crippen LogP contribution is -2.18. The first-order chi connectivity index (χ1) is 12.3. The molecule has 0 aliphatic heterocycles. The van der Waals surface area contributed by atoms with E-state index in [1.54, 1.807) is 0 Å². The summed E-state index contributed by atoms with van der Waals surface area (Å²) in [6.07, 6.45) is 0. The molecule has 0 saturated heterocycles. The molecular formula is C22H28O5. The van der Waals surface area contributed by atoms with E-state index in [0.717, 1.165) is 22.8 Å². The zero-order valence-corrected chi connectivity index (χ0v) is 16.8. The quantitative estimate of drug-likeness (QED) is 0.534. The maximum Gasteiger partial charge on any atom is 0.338 e. The Morgan fingerprint density at radius 3 is 1.81 bits per heavy atom. The molecule has 2 aromatic rings. The molecule has 0 heterocycles. The first-order valence-electron chi connectivity index (χ1n) is 8.86. The molecule has 2 aromatic carbocycles. The number of phenolic OH excluding ortho intramolecular Hbond substituents is 3. The Labute approximate surface area is 160 Å². The number of carbonyl (C=O) groups is 1. The molecular weight excluding hydrogens is 344 g/mol. The summed E-state index contributed by atoms with van der Waals surface area (Å²) in [5, 5.41) is 29.6. The minimum absolute atomic E-state index is 0.0346. The Bertz CT molecular complexity index is 819. The van der Waals surface area contributed by atoms with Crippen LogP contribution in [0.4, 0.5) is 0 Å². The van der Waals surface area contributed by atoms with E-state index >= 15 is 0 Å². The third-order valence-electron chi connectivity index (χ3n) is 4.37. The monoisotopic (exact) mass is 372 g/mol. The Morgan fingerprint density at radius 1 is 0.852 bits per heavy atom. The third-order valence-corrected chi connectivity index (χ3v) is 4.37. The van der Waals surface area contributed by atoms with Crippen LogP contribution in [0.5, 0.6) is 17.2 Å². The highest BCUT2D eigenvalue weighted by Crippen LogP contribution is 2.40. The lowest BCUT2D eigenvalue weighted by atomic mass is 9.78. The molecule has 0 atom stereocenters. The van der Waals surface area contributed by atoms with E-state index in [2.05, 4.69) is 0 Å². The van der Waals surface area contributed by atoms with Crippen LogP contribution in [0.2, 0.25) is 0 Å². The number of rotatable bonds is 3. The van der Waals surface area contributed by atoms with Gasteiger partial charge in [0, 0.05) is 0 Å². The second-order valence-electron chi connectivity index (χ2n) is 8.82. The highest BCUT2D eigenvalue weighted by Gasteiger charge is 2.26. The van der Waals surface area contributed by atoms with E-state index in [9.17, 15) is 20.1 Å². The lowest BCUT2D eigenvalue weighted by Gasteiger charge is -2.28. The van der Waals surface area contributed by atoms with Gasteiger partial charge in [-0.05, 0) is 57.9 Å². The zero-order valence-electron chi connectivity index (χ0n) is 16.8. The van der Waals surface area contributed by atoms with Crippen molar-refractivity contribution < 1.29 is 24.9 Å². The maximum absolute atomic E-state index is 12.2. The van der Waals surface area contributed by atoms with Crippen molar-refractivity contribution in [2.45, 2.75) is 59.0 Å². The standard InChI is InChI=1S/C22H28O5/c1-21(2,3)15-9-13(10-16(19(15)25)22(4,5)6)12-27-20(26)14-7-8-17(23)18(24)11-14/h7-11,23-25H,12H2,1-6H3. The van der Waals surface area contributed by atoms with Crippen molar-refractivity contribution in [3.63, 3.8) is 0 Å². The van der Waals surface area contributed by atoms with Gasteiger partial charge in [0.25, 0.3) is 0 Å². The number of esters is 1. The number of phenols is 3. The molecule has 0 bridgehead atoms. The largest absolute Gasteiger partial charge is 0.507 e. The predicted octanol–water partition coefficient (Wildman–Crippen LogP) is 4.76. The van der Waals surface area contributed by atoms with Crippen molar-refractivity contribution in [2.24, 2.45) is 0 Å². The summed E-state index contributed by atoms with van der Waals surface area (Å²) in [7, 11) is 0. The van der Waals surface area contributed by atoms with Crippen molar-refractivity contribution in [3.05, 3.63) is 52.6 Å². The van der Waals surface area contributed by atoms with Crippen LogP contribution in [0.25, 0.3) is 0 Å². The van der Waals surface area contributed by atoms with Gasteiger partial charge in [-0.2, -0.15) is 0 Å². The molecule has 27 heavy (non-hydrogen) atoms. The summed E-state index contributed by atoms with van der Waals surface area (Å²) in [6, 6.07) is 7.49. The van der Waals surface area contributed by atoms with Crippen molar-refractivity contribution >= 4 is 5.97 Å². The Hall–Kier alpha value is -2.69. The minimum Gasteiger partial charge on any atom is -0.507 e. The molecule has 0 fully saturated rings. The van der Waals surface area contributed by atoms with Gasteiger partial charge in [-0.15, -0.1) is 0 Å². The molecule has 0 spiro atoms. The van der Waals surface area contributed by atoms with E-state index < -0.39 is 5.97 Å². The number of aromatic hydroxyl groups is 3. The fourth-order valence-corrected chi connectivity index (χ4v) is 2.80. The van der Waals surface area contributed by atoms with Crippen LogP contribution in [0.1, 0.15) is 68.6 Å². The predicted molar refractivity (Wildman–Crippen MR) is 104 cm³/mol. The van der Waals surface area contributed by atoms with Gasteiger partial charge >= 0.3 is 5.97 Å². The first kappa shape index (κ1) is 20.6. The summed E-state index contributed by atoms with van der Waals surface area (Å²) in [5.41, 5.74) is 1.97. The summed E-state index contributed by atoms with van der Waals surface area (Å²) in [4.78, 5) is 12.2. The molecule has 0 aromatic heterocycles. The topological polar surface area (TPSA) is 87.0 Å². The van der Waals surface area contributed by atoms with Gasteiger partial charge in [0.2, 0.25) is 0 Å². The van der Waals surface area contributed by atoms with Crippen molar-refractivity contribution in [2.75, 3.05) is 0 Å². The van der Waals surface area contributed by atoms with E-state index in [0.29, 0.717) is 0 Å². The summed E-state index contributed by atoms with van der Waals surface area (Å²) in [5.74, 6) is -1.00. The average Bonchev–Trinajstić information content (AvgIpc) is 2.53. The van der Waals surface area contributed by atoms with E-state index in [1.165, 1.54) is 12.1 Å². The molecule has 0 radical (unpaired) electrons. The molecule has 0 aliphatic rings. The molecule has 0 saturated carbocycles. The normalized spacial score (nSPS) is 12.1. The molecule has 0 unspecified atom stereocenters. The maximum atomic E-state index is 12.2. The minimum atomic E-state index is -0.604. The number of hydrogen-bond acceptors (Lipinski definition) is 5. The Kier molecular flexibility index (Phi) is 5.45. The molecule has 2 rings (SSSR count). The van der Waals surface area contributed by atoms with Gasteiger partial charge in [-0.25, -0.2) is 4.79 Å². The fraction of sp³-hybridized carbons (Fsp3) is 0.409. The van der Waals surface area contributed by atoms with Crippen molar-refractivity contribution in [3.8, 4) is 17.2 Å². The van der Waals surface area contributed by atoms with Crippen molar-refractivity contribution in [1.29, 1.82) is 0 Å². The van der Waals surface area contributed by atoms with Gasteiger partial charge in [-0.1, -0.05) is 41.5 Å². The van der Waals surface area contributed by atoms with Crippen LogP contribution in [-0.4, -0.2) is 21.3 Å². The Balaban J connectivity index is 2.32. The molecule has 3 N–H and O–H groups in total. The van der Waals surface area contributed by atoms with Crippen LogP contribution < -0.4 is 0 Å². The first-order valence-corrected chi connectivity index (χ1v) is 8.86. The second-order valence-corrected chi connectivity index (χ2v) is 8.82. The number of benzene rings is 2. The van der Waals surface area contributed by atoms with Crippen molar-refractivity contribution in [1.82, 2.24) is 0 Å². The van der Waals surface area contributed by atoms with Gasteiger partial charge < -0.3 is 20.1 Å². The van der Waals surface area contributed by atoms with E-state index in [4.69, 9.17) is 4.74 Å². The van der Waals surface area contributed by atoms with Gasteiger partial charge in [0.05, 0.1) is 5.56 Å². The van der Waals surface area contributed by atoms with E-state index in [1.807, 2.05) is 53.7 Å². The second kappa shape index (κ2) is 7.14. The lowest BCUT2D eigenvalue weighted by molar-refractivity contribution is 0.0472. The van der Waals surface area contributed by atoms with E-state index in [-0.39, 0.29) is 40.2 Å². The Morgan fingerprint density at radius 2 is 1.37 bits per heavy atom. The van der Waals surface area contributed by atoms with Gasteiger partial charge in [0.1, 0.15) is 12.4 Å². The molecule has 0 aliphatic carbocycles. The highest BCUT2D eigenvalue weighted by molar-refractivity contribution is 5.90. The van der Waals surface area contributed by atoms with Crippen LogP contribution >= 0.6 is 0 Å². The fourth-order valence-electron chi connectivity index (χ4n) is 2.80.